The van der Waals surface area contributed by atoms with Gasteiger partial charge in [-0.15, -0.1) is 0 Å². The normalized spacial score (nSPS) is 38.9. The predicted octanol–water partition coefficient (Wildman–Crippen LogP) is 5.08. The molecule has 2 unspecified atom stereocenters. The van der Waals surface area contributed by atoms with Crippen LogP contribution in [0, 0.1) is 5.92 Å². The topological polar surface area (TPSA) is 18.5 Å². The third-order valence-electron chi connectivity index (χ3n) is 5.28. The molecule has 0 aromatic carbocycles. The Bertz CT molecular complexity index is 274. The fraction of sp³-hybridized carbons (Fsp3) is 1.00. The number of ether oxygens (including phenoxy) is 2. The Balaban J connectivity index is 1.85. The largest absolute Gasteiger partial charge is 0.381 e. The number of methoxy groups -OCH3 is 1. The van der Waals surface area contributed by atoms with Crippen LogP contribution in [0.25, 0.3) is 0 Å². The molecule has 0 radical (unpaired) electrons. The molecule has 2 fully saturated rings. The molecule has 0 aliphatic heterocycles. The average molecular weight is 347 g/mol. The SMILES string of the molecule is CCCC1CCC(CBr)(OC2CCCC(OC)C2)CC1. The van der Waals surface area contributed by atoms with Gasteiger partial charge in [0.15, 0.2) is 0 Å². The maximum absolute atomic E-state index is 6.60. The van der Waals surface area contributed by atoms with E-state index in [1.165, 1.54) is 57.8 Å². The van der Waals surface area contributed by atoms with Gasteiger partial charge in [-0.3, -0.25) is 0 Å². The van der Waals surface area contributed by atoms with Gasteiger partial charge in [0.25, 0.3) is 0 Å². The molecule has 2 aliphatic carbocycles. The van der Waals surface area contributed by atoms with E-state index >= 15 is 0 Å². The van der Waals surface area contributed by atoms with E-state index in [9.17, 15) is 0 Å². The molecule has 0 aromatic rings. The van der Waals surface area contributed by atoms with Crippen LogP contribution in [-0.2, 0) is 9.47 Å². The number of alkyl halides is 1. The van der Waals surface area contributed by atoms with Crippen molar-refractivity contribution in [3.05, 3.63) is 0 Å². The van der Waals surface area contributed by atoms with E-state index in [4.69, 9.17) is 9.47 Å². The molecule has 0 bridgehead atoms. The smallest absolute Gasteiger partial charge is 0.0782 e. The molecule has 2 nitrogen and oxygen atoms in total. The number of halogens is 1. The molecule has 0 N–H and O–H groups in total. The zero-order valence-corrected chi connectivity index (χ0v) is 14.8. The summed E-state index contributed by atoms with van der Waals surface area (Å²) < 4.78 is 12.1. The second kappa shape index (κ2) is 8.14. The fourth-order valence-electron chi connectivity index (χ4n) is 3.96. The second-order valence-electron chi connectivity index (χ2n) is 6.81. The molecular weight excluding hydrogens is 316 g/mol. The number of hydrogen-bond donors (Lipinski definition) is 0. The Morgan fingerprint density at radius 1 is 1.10 bits per heavy atom. The van der Waals surface area contributed by atoms with Crippen LogP contribution in [-0.4, -0.2) is 30.2 Å². The van der Waals surface area contributed by atoms with Gasteiger partial charge >= 0.3 is 0 Å². The highest BCUT2D eigenvalue weighted by Gasteiger charge is 2.38. The summed E-state index contributed by atoms with van der Waals surface area (Å²) in [6.07, 6.45) is 13.5. The minimum atomic E-state index is 0.102. The Labute approximate surface area is 133 Å². The first-order chi connectivity index (χ1) is 9.71. The summed E-state index contributed by atoms with van der Waals surface area (Å²) in [5.41, 5.74) is 0.102. The van der Waals surface area contributed by atoms with Gasteiger partial charge in [0.05, 0.1) is 17.8 Å². The van der Waals surface area contributed by atoms with Crippen LogP contribution in [0.3, 0.4) is 0 Å². The zero-order valence-electron chi connectivity index (χ0n) is 13.2. The van der Waals surface area contributed by atoms with E-state index < -0.39 is 0 Å². The molecule has 0 saturated heterocycles. The Morgan fingerprint density at radius 2 is 1.80 bits per heavy atom. The highest BCUT2D eigenvalue weighted by molar-refractivity contribution is 9.09. The Morgan fingerprint density at radius 3 is 2.40 bits per heavy atom. The van der Waals surface area contributed by atoms with Crippen molar-refractivity contribution in [3.63, 3.8) is 0 Å². The maximum atomic E-state index is 6.60. The molecule has 0 spiro atoms. The first-order valence-corrected chi connectivity index (χ1v) is 9.60. The highest BCUT2D eigenvalue weighted by Crippen LogP contribution is 2.40. The summed E-state index contributed by atoms with van der Waals surface area (Å²) in [7, 11) is 1.84. The molecule has 20 heavy (non-hydrogen) atoms. The summed E-state index contributed by atoms with van der Waals surface area (Å²) in [5, 5.41) is 0.993. The maximum Gasteiger partial charge on any atom is 0.0782 e. The molecule has 2 rings (SSSR count). The van der Waals surface area contributed by atoms with Crippen molar-refractivity contribution in [2.45, 2.75) is 88.9 Å². The summed E-state index contributed by atoms with van der Waals surface area (Å²) in [6, 6.07) is 0. The van der Waals surface area contributed by atoms with E-state index in [0.717, 1.165) is 17.7 Å². The molecule has 2 atom stereocenters. The van der Waals surface area contributed by atoms with Gasteiger partial charge in [-0.25, -0.2) is 0 Å². The van der Waals surface area contributed by atoms with Gasteiger partial charge < -0.3 is 9.47 Å². The minimum absolute atomic E-state index is 0.102. The van der Waals surface area contributed by atoms with Crippen molar-refractivity contribution in [3.8, 4) is 0 Å². The van der Waals surface area contributed by atoms with Gasteiger partial charge in [-0.05, 0) is 57.3 Å². The summed E-state index contributed by atoms with van der Waals surface area (Å²) in [6.45, 7) is 2.30. The number of rotatable bonds is 6. The van der Waals surface area contributed by atoms with Crippen molar-refractivity contribution >= 4 is 15.9 Å². The Hall–Kier alpha value is 0.400. The van der Waals surface area contributed by atoms with E-state index in [1.807, 2.05) is 7.11 Å². The van der Waals surface area contributed by atoms with E-state index in [2.05, 4.69) is 22.9 Å². The lowest BCUT2D eigenvalue weighted by Gasteiger charge is -2.43. The average Bonchev–Trinajstić information content (AvgIpc) is 2.50. The van der Waals surface area contributed by atoms with Gasteiger partial charge in [0, 0.05) is 12.4 Å². The molecule has 0 amide bonds. The Kier molecular flexibility index (Phi) is 6.83. The predicted molar refractivity (Wildman–Crippen MR) is 87.5 cm³/mol. The molecule has 0 heterocycles. The lowest BCUT2D eigenvalue weighted by Crippen LogP contribution is -2.43. The van der Waals surface area contributed by atoms with Crippen LogP contribution < -0.4 is 0 Å². The monoisotopic (exact) mass is 346 g/mol. The molecule has 0 aromatic heterocycles. The lowest BCUT2D eigenvalue weighted by atomic mass is 9.77. The van der Waals surface area contributed by atoms with Crippen LogP contribution in [0.4, 0.5) is 0 Å². The molecule has 2 saturated carbocycles. The molecular formula is C17H31BrO2. The van der Waals surface area contributed by atoms with E-state index in [-0.39, 0.29) is 5.60 Å². The third kappa shape index (κ3) is 4.45. The summed E-state index contributed by atoms with van der Waals surface area (Å²) in [4.78, 5) is 0. The van der Waals surface area contributed by atoms with E-state index in [1.54, 1.807) is 0 Å². The first-order valence-electron chi connectivity index (χ1n) is 8.48. The first kappa shape index (κ1) is 16.8. The summed E-state index contributed by atoms with van der Waals surface area (Å²) in [5.74, 6) is 0.939. The van der Waals surface area contributed by atoms with Gasteiger partial charge in [0.1, 0.15) is 0 Å². The van der Waals surface area contributed by atoms with Crippen LogP contribution in [0.2, 0.25) is 0 Å². The van der Waals surface area contributed by atoms with Crippen molar-refractivity contribution in [2.75, 3.05) is 12.4 Å². The molecule has 3 heteroatoms. The van der Waals surface area contributed by atoms with Crippen LogP contribution in [0.5, 0.6) is 0 Å². The van der Waals surface area contributed by atoms with Gasteiger partial charge in [-0.2, -0.15) is 0 Å². The third-order valence-corrected chi connectivity index (χ3v) is 6.31. The lowest BCUT2D eigenvalue weighted by molar-refractivity contribution is -0.130. The standard InChI is InChI=1S/C17H31BrO2/c1-3-5-14-8-10-17(13-18,11-9-14)20-16-7-4-6-15(12-16)19-2/h14-16H,3-13H2,1-2H3. The number of hydrogen-bond acceptors (Lipinski definition) is 2. The van der Waals surface area contributed by atoms with Crippen molar-refractivity contribution in [1.29, 1.82) is 0 Å². The van der Waals surface area contributed by atoms with Gasteiger partial charge in [0.2, 0.25) is 0 Å². The minimum Gasteiger partial charge on any atom is -0.381 e. The van der Waals surface area contributed by atoms with Crippen molar-refractivity contribution in [1.82, 2.24) is 0 Å². The second-order valence-corrected chi connectivity index (χ2v) is 7.37. The van der Waals surface area contributed by atoms with Crippen molar-refractivity contribution in [2.24, 2.45) is 5.92 Å². The molecule has 118 valence electrons. The zero-order chi connectivity index (χ0) is 14.4. The van der Waals surface area contributed by atoms with Crippen LogP contribution in [0.1, 0.15) is 71.1 Å². The van der Waals surface area contributed by atoms with E-state index in [0.29, 0.717) is 12.2 Å². The van der Waals surface area contributed by atoms with Gasteiger partial charge in [-0.1, -0.05) is 35.7 Å². The van der Waals surface area contributed by atoms with Crippen molar-refractivity contribution < 1.29 is 9.47 Å². The van der Waals surface area contributed by atoms with Crippen LogP contribution >= 0.6 is 15.9 Å². The fourth-order valence-corrected chi connectivity index (χ4v) is 4.65. The quantitative estimate of drug-likeness (QED) is 0.624. The van der Waals surface area contributed by atoms with Crippen LogP contribution in [0.15, 0.2) is 0 Å². The highest BCUT2D eigenvalue weighted by atomic mass is 79.9. The molecule has 2 aliphatic rings. The summed E-state index contributed by atoms with van der Waals surface area (Å²) >= 11 is 3.73.